The molecular weight excluding hydrogens is 293 g/mol. The van der Waals surface area contributed by atoms with Crippen LogP contribution in [-0.4, -0.2) is 9.97 Å². The number of nitrogens with zero attached hydrogens (tertiary/aromatic N) is 2. The maximum Gasteiger partial charge on any atom is 0.239 e. The van der Waals surface area contributed by atoms with Gasteiger partial charge in [0.15, 0.2) is 5.82 Å². The first-order valence-corrected chi connectivity index (χ1v) is 6.51. The molecule has 2 aromatic carbocycles. The van der Waals surface area contributed by atoms with E-state index in [9.17, 15) is 4.39 Å². The highest BCUT2D eigenvalue weighted by Gasteiger charge is 2.11. The van der Waals surface area contributed by atoms with Crippen LogP contribution >= 0.6 is 11.6 Å². The normalized spacial score (nSPS) is 10.6. The topological polar surface area (TPSA) is 75.9 Å². The Labute approximate surface area is 124 Å². The molecule has 21 heavy (non-hydrogen) atoms. The fourth-order valence-electron chi connectivity index (χ4n) is 1.96. The van der Waals surface area contributed by atoms with Crippen molar-refractivity contribution in [3.8, 4) is 0 Å². The molecule has 3 aromatic rings. The van der Waals surface area contributed by atoms with Gasteiger partial charge in [-0.2, -0.15) is 4.98 Å². The Morgan fingerprint density at radius 3 is 2.67 bits per heavy atom. The van der Waals surface area contributed by atoms with Gasteiger partial charge in [-0.3, -0.25) is 5.43 Å². The van der Waals surface area contributed by atoms with Crippen molar-refractivity contribution < 1.29 is 4.39 Å². The second-order valence-electron chi connectivity index (χ2n) is 4.28. The van der Waals surface area contributed by atoms with Gasteiger partial charge >= 0.3 is 0 Å². The van der Waals surface area contributed by atoms with Crippen LogP contribution in [0.2, 0.25) is 5.02 Å². The summed E-state index contributed by atoms with van der Waals surface area (Å²) in [6.45, 7) is 0. The van der Waals surface area contributed by atoms with Crippen molar-refractivity contribution in [1.82, 2.24) is 9.97 Å². The second-order valence-corrected chi connectivity index (χ2v) is 4.69. The first-order chi connectivity index (χ1) is 10.2. The number of aromatic nitrogens is 2. The summed E-state index contributed by atoms with van der Waals surface area (Å²) in [6, 6.07) is 12.1. The molecule has 3 rings (SSSR count). The van der Waals surface area contributed by atoms with Crippen LogP contribution < -0.4 is 16.6 Å². The van der Waals surface area contributed by atoms with Crippen LogP contribution in [0.5, 0.6) is 0 Å². The molecule has 0 amide bonds. The van der Waals surface area contributed by atoms with E-state index < -0.39 is 5.82 Å². The largest absolute Gasteiger partial charge is 0.337 e. The number of nitrogen functional groups attached to an aromatic ring is 1. The van der Waals surface area contributed by atoms with E-state index in [1.165, 1.54) is 6.07 Å². The van der Waals surface area contributed by atoms with E-state index in [0.29, 0.717) is 11.3 Å². The molecule has 4 N–H and O–H groups in total. The summed E-state index contributed by atoms with van der Waals surface area (Å²) in [5.41, 5.74) is 3.31. The van der Waals surface area contributed by atoms with Crippen molar-refractivity contribution in [2.24, 2.45) is 5.84 Å². The summed E-state index contributed by atoms with van der Waals surface area (Å²) < 4.78 is 14.0. The highest BCUT2D eigenvalue weighted by atomic mass is 35.5. The van der Waals surface area contributed by atoms with Crippen molar-refractivity contribution in [1.29, 1.82) is 0 Å². The lowest BCUT2D eigenvalue weighted by atomic mass is 10.2. The van der Waals surface area contributed by atoms with Crippen LogP contribution in [0.25, 0.3) is 10.9 Å². The number of nitrogens with two attached hydrogens (primary N) is 1. The zero-order chi connectivity index (χ0) is 14.8. The highest BCUT2D eigenvalue weighted by Crippen LogP contribution is 2.28. The molecule has 0 bridgehead atoms. The Bertz CT molecular complexity index is 808. The van der Waals surface area contributed by atoms with E-state index in [1.54, 1.807) is 12.1 Å². The third-order valence-electron chi connectivity index (χ3n) is 2.94. The Morgan fingerprint density at radius 2 is 1.86 bits per heavy atom. The molecular formula is C14H11ClFN5. The lowest BCUT2D eigenvalue weighted by Crippen LogP contribution is -2.11. The molecule has 0 aliphatic rings. The number of hydrogen-bond donors (Lipinski definition) is 3. The monoisotopic (exact) mass is 303 g/mol. The molecule has 0 spiro atoms. The van der Waals surface area contributed by atoms with Crippen LogP contribution in [0.1, 0.15) is 0 Å². The van der Waals surface area contributed by atoms with Gasteiger partial charge in [0.25, 0.3) is 0 Å². The van der Waals surface area contributed by atoms with Crippen molar-refractivity contribution in [3.63, 3.8) is 0 Å². The molecule has 0 atom stereocenters. The average Bonchev–Trinajstić information content (AvgIpc) is 2.51. The zero-order valence-electron chi connectivity index (χ0n) is 10.8. The van der Waals surface area contributed by atoms with E-state index in [1.807, 2.05) is 24.3 Å². The van der Waals surface area contributed by atoms with Gasteiger partial charge in [-0.05, 0) is 24.3 Å². The summed E-state index contributed by atoms with van der Waals surface area (Å²) in [5.74, 6) is 5.50. The van der Waals surface area contributed by atoms with Crippen LogP contribution in [0.15, 0.2) is 42.5 Å². The Hall–Kier alpha value is -2.44. The van der Waals surface area contributed by atoms with Gasteiger partial charge in [-0.25, -0.2) is 15.2 Å². The summed E-state index contributed by atoms with van der Waals surface area (Å²) in [6.07, 6.45) is 0. The molecule has 0 aliphatic heterocycles. The number of benzene rings is 2. The maximum absolute atomic E-state index is 14.0. The minimum atomic E-state index is -0.538. The Balaban J connectivity index is 2.13. The Morgan fingerprint density at radius 1 is 1.05 bits per heavy atom. The second kappa shape index (κ2) is 5.51. The molecule has 0 unspecified atom stereocenters. The van der Waals surface area contributed by atoms with E-state index in [-0.39, 0.29) is 16.7 Å². The molecule has 0 saturated carbocycles. The summed E-state index contributed by atoms with van der Waals surface area (Å²) in [5, 5.41) is 3.71. The predicted octanol–water partition coefficient (Wildman–Crippen LogP) is 3.45. The van der Waals surface area contributed by atoms with Gasteiger partial charge in [0.1, 0.15) is 5.82 Å². The summed E-state index contributed by atoms with van der Waals surface area (Å²) in [4.78, 5) is 8.45. The van der Waals surface area contributed by atoms with Crippen molar-refractivity contribution in [2.75, 3.05) is 10.7 Å². The van der Waals surface area contributed by atoms with Gasteiger partial charge in [-0.15, -0.1) is 0 Å². The fourth-order valence-corrected chi connectivity index (χ4v) is 2.14. The number of rotatable bonds is 3. The van der Waals surface area contributed by atoms with Gasteiger partial charge in [0.05, 0.1) is 16.2 Å². The van der Waals surface area contributed by atoms with Gasteiger partial charge in [0.2, 0.25) is 5.95 Å². The van der Waals surface area contributed by atoms with Gasteiger partial charge in [-0.1, -0.05) is 29.8 Å². The third-order valence-corrected chi connectivity index (χ3v) is 3.23. The smallest absolute Gasteiger partial charge is 0.239 e. The molecule has 106 valence electrons. The molecule has 5 nitrogen and oxygen atoms in total. The van der Waals surface area contributed by atoms with Crippen LogP contribution in [0, 0.1) is 5.82 Å². The van der Waals surface area contributed by atoms with Crippen LogP contribution in [-0.2, 0) is 0 Å². The molecule has 7 heteroatoms. The summed E-state index contributed by atoms with van der Waals surface area (Å²) >= 11 is 5.78. The molecule has 0 saturated heterocycles. The quantitative estimate of drug-likeness (QED) is 0.510. The first-order valence-electron chi connectivity index (χ1n) is 6.13. The van der Waals surface area contributed by atoms with Gasteiger partial charge in [0, 0.05) is 5.39 Å². The van der Waals surface area contributed by atoms with Crippen molar-refractivity contribution in [2.45, 2.75) is 0 Å². The fraction of sp³-hybridized carbons (Fsp3) is 0. The molecule has 0 radical (unpaired) electrons. The van der Waals surface area contributed by atoms with Crippen molar-refractivity contribution >= 4 is 40.0 Å². The van der Waals surface area contributed by atoms with E-state index >= 15 is 0 Å². The average molecular weight is 304 g/mol. The van der Waals surface area contributed by atoms with E-state index in [4.69, 9.17) is 17.4 Å². The first kappa shape index (κ1) is 13.5. The van der Waals surface area contributed by atoms with Crippen LogP contribution in [0.3, 0.4) is 0 Å². The number of para-hydroxylation sites is 1. The highest BCUT2D eigenvalue weighted by molar-refractivity contribution is 6.31. The van der Waals surface area contributed by atoms with Crippen LogP contribution in [0.4, 0.5) is 21.8 Å². The van der Waals surface area contributed by atoms with E-state index in [2.05, 4.69) is 20.7 Å². The lowest BCUT2D eigenvalue weighted by Gasteiger charge is -2.11. The molecule has 1 aromatic heterocycles. The number of anilines is 3. The standard InChI is InChI=1S/C14H11ClFN5/c15-9-5-3-7-11(12(9)16)18-13-8-4-1-2-6-10(8)19-14(20-13)21-17/h1-7H,17H2,(H2,18,19,20,21). The minimum absolute atomic E-state index is 0.0375. The maximum atomic E-state index is 14.0. The number of halogens is 2. The van der Waals surface area contributed by atoms with E-state index in [0.717, 1.165) is 5.39 Å². The lowest BCUT2D eigenvalue weighted by molar-refractivity contribution is 0.632. The Kier molecular flexibility index (Phi) is 3.55. The number of fused-ring (bicyclic) bond motifs is 1. The summed E-state index contributed by atoms with van der Waals surface area (Å²) in [7, 11) is 0. The third kappa shape index (κ3) is 2.58. The number of hydrogen-bond acceptors (Lipinski definition) is 5. The molecule has 0 fully saturated rings. The van der Waals surface area contributed by atoms with Gasteiger partial charge < -0.3 is 5.32 Å². The molecule has 0 aliphatic carbocycles. The van der Waals surface area contributed by atoms with Crippen molar-refractivity contribution in [3.05, 3.63) is 53.3 Å². The SMILES string of the molecule is NNc1nc(Nc2cccc(Cl)c2F)c2ccccc2n1. The predicted molar refractivity (Wildman–Crippen MR) is 82.0 cm³/mol. The zero-order valence-corrected chi connectivity index (χ0v) is 11.5. The molecule has 1 heterocycles. The number of hydrazine groups is 1. The minimum Gasteiger partial charge on any atom is -0.337 e. The number of nitrogens with one attached hydrogen (secondary N) is 2.